The van der Waals surface area contributed by atoms with Gasteiger partial charge < -0.3 is 10.1 Å². The Bertz CT molecular complexity index is 1420. The van der Waals surface area contributed by atoms with Gasteiger partial charge in [0.2, 0.25) is 0 Å². The molecule has 33 heavy (non-hydrogen) atoms. The molecule has 0 fully saturated rings. The van der Waals surface area contributed by atoms with E-state index in [1.165, 1.54) is 12.1 Å². The normalized spacial score (nSPS) is 13.1. The Hall–Kier alpha value is -3.77. The molecule has 2 heterocycles. The minimum atomic E-state index is -0.501. The van der Waals surface area contributed by atoms with Crippen molar-refractivity contribution in [1.29, 1.82) is 0 Å². The van der Waals surface area contributed by atoms with E-state index in [-0.39, 0.29) is 5.02 Å². The Kier molecular flexibility index (Phi) is 5.75. The number of benzene rings is 3. The van der Waals surface area contributed by atoms with Gasteiger partial charge in [-0.15, -0.1) is 0 Å². The number of dihydropyridines is 1. The highest BCUT2D eigenvalue weighted by Crippen LogP contribution is 2.32. The lowest BCUT2D eigenvalue weighted by atomic mass is 10.0. The second-order valence-corrected chi connectivity index (χ2v) is 8.00. The molecule has 7 heteroatoms. The third-order valence-electron chi connectivity index (χ3n) is 5.39. The first-order chi connectivity index (χ1) is 16.1. The van der Waals surface area contributed by atoms with Gasteiger partial charge >= 0.3 is 0 Å². The van der Waals surface area contributed by atoms with E-state index in [9.17, 15) is 4.39 Å². The van der Waals surface area contributed by atoms with Crippen LogP contribution < -0.4 is 10.1 Å². The van der Waals surface area contributed by atoms with Crippen molar-refractivity contribution in [2.45, 2.75) is 6.42 Å². The summed E-state index contributed by atoms with van der Waals surface area (Å²) in [5, 5.41) is 4.12. The Balaban J connectivity index is 1.65. The number of hydrogen-bond acceptors (Lipinski definition) is 5. The topological polar surface area (TPSA) is 59.4 Å². The molecule has 0 spiro atoms. The van der Waals surface area contributed by atoms with Crippen molar-refractivity contribution in [3.05, 3.63) is 83.4 Å². The molecule has 0 saturated carbocycles. The number of allylic oxidation sites excluding steroid dienone is 1. The van der Waals surface area contributed by atoms with Gasteiger partial charge in [0.1, 0.15) is 17.4 Å². The molecular weight excluding hydrogens is 439 g/mol. The summed E-state index contributed by atoms with van der Waals surface area (Å²) in [5.41, 5.74) is 4.17. The van der Waals surface area contributed by atoms with Gasteiger partial charge in [0.25, 0.3) is 0 Å². The van der Waals surface area contributed by atoms with Gasteiger partial charge in [-0.25, -0.2) is 14.4 Å². The molecule has 5 rings (SSSR count). The SMILES string of the molecule is COc1cccc(-c2ccc3nc(C4=CCCN=C4)nc(Nc4ccc(Cl)c(F)c4)c3c2)c1. The van der Waals surface area contributed by atoms with Gasteiger partial charge in [0.05, 0.1) is 17.6 Å². The molecule has 1 aromatic heterocycles. The van der Waals surface area contributed by atoms with E-state index in [1.54, 1.807) is 19.4 Å². The van der Waals surface area contributed by atoms with Crippen LogP contribution in [-0.2, 0) is 0 Å². The first-order valence-corrected chi connectivity index (χ1v) is 10.9. The molecule has 1 aliphatic rings. The molecule has 164 valence electrons. The number of hydrogen-bond donors (Lipinski definition) is 1. The van der Waals surface area contributed by atoms with Crippen molar-refractivity contribution in [2.24, 2.45) is 4.99 Å². The van der Waals surface area contributed by atoms with Gasteiger partial charge in [0.15, 0.2) is 5.82 Å². The molecular formula is C26H20ClFN4O. The maximum absolute atomic E-state index is 14.1. The predicted molar refractivity (Wildman–Crippen MR) is 132 cm³/mol. The van der Waals surface area contributed by atoms with E-state index < -0.39 is 5.82 Å². The van der Waals surface area contributed by atoms with Crippen LogP contribution >= 0.6 is 11.6 Å². The van der Waals surface area contributed by atoms with Crippen LogP contribution in [0.2, 0.25) is 5.02 Å². The van der Waals surface area contributed by atoms with Crippen LogP contribution in [-0.4, -0.2) is 29.8 Å². The molecule has 0 radical (unpaired) electrons. The number of rotatable bonds is 5. The summed E-state index contributed by atoms with van der Waals surface area (Å²) in [6.07, 6.45) is 4.71. The van der Waals surface area contributed by atoms with Crippen molar-refractivity contribution >= 4 is 45.8 Å². The number of anilines is 2. The number of methoxy groups -OCH3 is 1. The number of aliphatic imine (C=N–C) groups is 1. The molecule has 0 amide bonds. The molecule has 4 aromatic rings. The third kappa shape index (κ3) is 4.43. The highest BCUT2D eigenvalue weighted by atomic mass is 35.5. The van der Waals surface area contributed by atoms with Crippen LogP contribution in [0.25, 0.3) is 27.6 Å². The first-order valence-electron chi connectivity index (χ1n) is 10.5. The number of nitrogens with zero attached hydrogens (tertiary/aromatic N) is 3. The zero-order valence-corrected chi connectivity index (χ0v) is 18.6. The zero-order chi connectivity index (χ0) is 22.8. The molecule has 0 unspecified atom stereocenters. The number of ether oxygens (including phenoxy) is 1. The van der Waals surface area contributed by atoms with E-state index in [2.05, 4.69) is 16.4 Å². The van der Waals surface area contributed by atoms with Crippen LogP contribution in [0.5, 0.6) is 5.75 Å². The summed E-state index contributed by atoms with van der Waals surface area (Å²) in [6, 6.07) is 18.4. The lowest BCUT2D eigenvalue weighted by Crippen LogP contribution is -2.04. The molecule has 1 aliphatic heterocycles. The molecule has 1 N–H and O–H groups in total. The fourth-order valence-electron chi connectivity index (χ4n) is 3.70. The summed E-state index contributed by atoms with van der Waals surface area (Å²) in [7, 11) is 1.64. The number of halogens is 2. The Morgan fingerprint density at radius 3 is 2.67 bits per heavy atom. The van der Waals surface area contributed by atoms with E-state index in [1.807, 2.05) is 42.5 Å². The van der Waals surface area contributed by atoms with Gasteiger partial charge in [-0.2, -0.15) is 0 Å². The molecule has 5 nitrogen and oxygen atoms in total. The van der Waals surface area contributed by atoms with Crippen molar-refractivity contribution in [3.63, 3.8) is 0 Å². The second kappa shape index (κ2) is 9.00. The number of fused-ring (bicyclic) bond motifs is 1. The van der Waals surface area contributed by atoms with Gasteiger partial charge in [-0.3, -0.25) is 4.99 Å². The molecule has 0 aliphatic carbocycles. The monoisotopic (exact) mass is 458 g/mol. The van der Waals surface area contributed by atoms with Crippen LogP contribution in [0, 0.1) is 5.82 Å². The molecule has 0 bridgehead atoms. The molecule has 3 aromatic carbocycles. The van der Waals surface area contributed by atoms with Gasteiger partial charge in [-0.1, -0.05) is 35.9 Å². The predicted octanol–water partition coefficient (Wildman–Crippen LogP) is 6.70. The first kappa shape index (κ1) is 21.1. The van der Waals surface area contributed by atoms with Crippen LogP contribution in [0.1, 0.15) is 12.2 Å². The third-order valence-corrected chi connectivity index (χ3v) is 5.70. The van der Waals surface area contributed by atoms with Gasteiger partial charge in [0, 0.05) is 29.4 Å². The van der Waals surface area contributed by atoms with E-state index >= 15 is 0 Å². The Morgan fingerprint density at radius 1 is 1.00 bits per heavy atom. The zero-order valence-electron chi connectivity index (χ0n) is 17.8. The largest absolute Gasteiger partial charge is 0.497 e. The number of aromatic nitrogens is 2. The molecule has 0 saturated heterocycles. The summed E-state index contributed by atoms with van der Waals surface area (Å²) in [5.74, 6) is 1.41. The smallest absolute Gasteiger partial charge is 0.163 e. The standard InChI is InChI=1S/C26H20ClFN4O/c1-33-20-6-2-4-16(12-20)17-7-10-24-21(13-17)26(30-19-8-9-22(27)23(28)14-19)32-25(31-24)18-5-3-11-29-15-18/h2,4-10,12-15H,3,11H2,1H3,(H,30,31,32). The van der Waals surface area contributed by atoms with Crippen molar-refractivity contribution in [1.82, 2.24) is 9.97 Å². The summed E-state index contributed by atoms with van der Waals surface area (Å²) < 4.78 is 19.4. The number of nitrogens with one attached hydrogen (secondary N) is 1. The highest BCUT2D eigenvalue weighted by Gasteiger charge is 2.14. The van der Waals surface area contributed by atoms with Gasteiger partial charge in [-0.05, 0) is 60.0 Å². The minimum absolute atomic E-state index is 0.0673. The van der Waals surface area contributed by atoms with Crippen molar-refractivity contribution < 1.29 is 9.13 Å². The summed E-state index contributed by atoms with van der Waals surface area (Å²) >= 11 is 5.86. The fraction of sp³-hybridized carbons (Fsp3) is 0.115. The van der Waals surface area contributed by atoms with Crippen LogP contribution in [0.4, 0.5) is 15.9 Å². The summed E-state index contributed by atoms with van der Waals surface area (Å²) in [6.45, 7) is 0.760. The Morgan fingerprint density at radius 2 is 1.88 bits per heavy atom. The Labute approximate surface area is 195 Å². The van der Waals surface area contributed by atoms with Crippen LogP contribution in [0.3, 0.4) is 0 Å². The average Bonchev–Trinajstić information content (AvgIpc) is 2.86. The lowest BCUT2D eigenvalue weighted by Gasteiger charge is -2.14. The second-order valence-electron chi connectivity index (χ2n) is 7.60. The van der Waals surface area contributed by atoms with Crippen molar-refractivity contribution in [3.8, 4) is 16.9 Å². The average molecular weight is 459 g/mol. The fourth-order valence-corrected chi connectivity index (χ4v) is 3.82. The van der Waals surface area contributed by atoms with E-state index in [0.717, 1.165) is 46.3 Å². The van der Waals surface area contributed by atoms with Crippen LogP contribution in [0.15, 0.2) is 71.7 Å². The maximum atomic E-state index is 14.1. The molecule has 0 atom stereocenters. The van der Waals surface area contributed by atoms with E-state index in [0.29, 0.717) is 17.3 Å². The quantitative estimate of drug-likeness (QED) is 0.361. The minimum Gasteiger partial charge on any atom is -0.497 e. The van der Waals surface area contributed by atoms with E-state index in [4.69, 9.17) is 26.3 Å². The highest BCUT2D eigenvalue weighted by molar-refractivity contribution is 6.30. The van der Waals surface area contributed by atoms with Crippen molar-refractivity contribution in [2.75, 3.05) is 19.0 Å². The summed E-state index contributed by atoms with van der Waals surface area (Å²) in [4.78, 5) is 13.9. The maximum Gasteiger partial charge on any atom is 0.163 e. The lowest BCUT2D eigenvalue weighted by molar-refractivity contribution is 0.415.